The van der Waals surface area contributed by atoms with E-state index in [0.29, 0.717) is 11.4 Å². The minimum Gasteiger partial charge on any atom is -0.292 e. The van der Waals surface area contributed by atoms with Crippen LogP contribution in [0.2, 0.25) is 10.0 Å². The van der Waals surface area contributed by atoms with E-state index < -0.39 is 24.5 Å². The van der Waals surface area contributed by atoms with Crippen molar-refractivity contribution in [2.45, 2.75) is 32.5 Å². The van der Waals surface area contributed by atoms with Crippen LogP contribution in [0.25, 0.3) is 0 Å². The molecule has 0 aromatic heterocycles. The molecule has 21 heavy (non-hydrogen) atoms. The van der Waals surface area contributed by atoms with E-state index in [1.165, 1.54) is 25.1 Å². The third-order valence-corrected chi connectivity index (χ3v) is 3.56. The minimum atomic E-state index is -4.35. The molecule has 0 spiro atoms. The molecule has 0 bridgehead atoms. The zero-order valence-electron chi connectivity index (χ0n) is 11.7. The number of alkyl halides is 3. The highest BCUT2D eigenvalue weighted by molar-refractivity contribution is 6.37. The smallest absolute Gasteiger partial charge is 0.292 e. The molecular formula is C14H16Cl2F3NO. The third-order valence-electron chi connectivity index (χ3n) is 3.02. The van der Waals surface area contributed by atoms with E-state index in [-0.39, 0.29) is 17.1 Å². The fraction of sp³-hybridized carbons (Fsp3) is 0.500. The molecule has 0 amide bonds. The summed E-state index contributed by atoms with van der Waals surface area (Å²) in [5, 5.41) is 0.507. The Kier molecular flexibility index (Phi) is 6.50. The van der Waals surface area contributed by atoms with E-state index in [4.69, 9.17) is 23.2 Å². The topological polar surface area (TPSA) is 20.3 Å². The lowest BCUT2D eigenvalue weighted by Gasteiger charge is -2.28. The first kappa shape index (κ1) is 18.3. The van der Waals surface area contributed by atoms with Crippen LogP contribution < -0.4 is 0 Å². The molecule has 7 heteroatoms. The van der Waals surface area contributed by atoms with Crippen molar-refractivity contribution in [2.75, 3.05) is 13.1 Å². The first-order valence-corrected chi connectivity index (χ1v) is 7.21. The van der Waals surface area contributed by atoms with Gasteiger partial charge in [-0.3, -0.25) is 9.69 Å². The van der Waals surface area contributed by atoms with Crippen LogP contribution in [0.4, 0.5) is 13.2 Å². The summed E-state index contributed by atoms with van der Waals surface area (Å²) >= 11 is 11.7. The van der Waals surface area contributed by atoms with Crippen molar-refractivity contribution < 1.29 is 18.0 Å². The van der Waals surface area contributed by atoms with Crippen molar-refractivity contribution in [2.24, 2.45) is 0 Å². The quantitative estimate of drug-likeness (QED) is 0.690. The molecule has 1 aromatic rings. The van der Waals surface area contributed by atoms with Gasteiger partial charge in [-0.15, -0.1) is 0 Å². The van der Waals surface area contributed by atoms with Crippen LogP contribution in [-0.2, 0) is 0 Å². The molecule has 1 aromatic carbocycles. The average molecular weight is 342 g/mol. The lowest BCUT2D eigenvalue weighted by molar-refractivity contribution is -0.148. The molecule has 0 aliphatic carbocycles. The lowest BCUT2D eigenvalue weighted by atomic mass is 10.0. The first-order chi connectivity index (χ1) is 9.65. The number of ketones is 1. The van der Waals surface area contributed by atoms with Gasteiger partial charge in [-0.25, -0.2) is 0 Å². The predicted octanol–water partition coefficient (Wildman–Crippen LogP) is 4.84. The number of hydrogen-bond acceptors (Lipinski definition) is 2. The van der Waals surface area contributed by atoms with E-state index in [0.717, 1.165) is 4.90 Å². The van der Waals surface area contributed by atoms with Gasteiger partial charge in [-0.05, 0) is 38.1 Å². The molecule has 0 aliphatic heterocycles. The maximum absolute atomic E-state index is 12.6. The van der Waals surface area contributed by atoms with Crippen LogP contribution in [0.15, 0.2) is 18.2 Å². The Morgan fingerprint density at radius 3 is 2.43 bits per heavy atom. The van der Waals surface area contributed by atoms with E-state index in [9.17, 15) is 18.0 Å². The Labute approximate surface area is 131 Å². The fourth-order valence-electron chi connectivity index (χ4n) is 2.01. The summed E-state index contributed by atoms with van der Waals surface area (Å²) in [6.07, 6.45) is -3.84. The van der Waals surface area contributed by atoms with Crippen LogP contribution in [0, 0.1) is 0 Å². The molecule has 0 heterocycles. The fourth-order valence-corrected chi connectivity index (χ4v) is 2.51. The summed E-state index contributed by atoms with van der Waals surface area (Å²) in [5.74, 6) is -0.450. The maximum atomic E-state index is 12.6. The second-order valence-electron chi connectivity index (χ2n) is 4.75. The molecule has 1 atom stereocenters. The van der Waals surface area contributed by atoms with Crippen molar-refractivity contribution in [3.63, 3.8) is 0 Å². The van der Waals surface area contributed by atoms with Crippen molar-refractivity contribution in [3.05, 3.63) is 33.8 Å². The summed E-state index contributed by atoms with van der Waals surface area (Å²) in [6.45, 7) is 2.26. The largest absolute Gasteiger partial charge is 0.401 e. The predicted molar refractivity (Wildman–Crippen MR) is 78.2 cm³/mol. The van der Waals surface area contributed by atoms with E-state index in [1.54, 1.807) is 6.92 Å². The molecule has 0 saturated heterocycles. The molecule has 0 radical (unpaired) electrons. The molecule has 0 saturated carbocycles. The summed E-state index contributed by atoms with van der Waals surface area (Å²) in [6, 6.07) is 3.41. The van der Waals surface area contributed by atoms with Gasteiger partial charge < -0.3 is 0 Å². The number of rotatable bonds is 6. The Morgan fingerprint density at radius 2 is 1.95 bits per heavy atom. The van der Waals surface area contributed by atoms with E-state index >= 15 is 0 Å². The van der Waals surface area contributed by atoms with Crippen LogP contribution in [0.1, 0.15) is 30.6 Å². The van der Waals surface area contributed by atoms with Gasteiger partial charge in [-0.2, -0.15) is 13.2 Å². The lowest BCUT2D eigenvalue weighted by Crippen LogP contribution is -2.44. The Hall–Kier alpha value is -0.780. The van der Waals surface area contributed by atoms with Gasteiger partial charge in [0.1, 0.15) is 0 Å². The standard InChI is InChI=1S/C14H16Cl2F3NO/c1-3-6-20(8-14(17,18)19)9(2)13(21)11-5-4-10(15)7-12(11)16/h4-5,7,9H,3,6,8H2,1-2H3. The number of Topliss-reactive ketones (excluding diaryl/α,β-unsaturated/α-hetero) is 1. The third kappa shape index (κ3) is 5.49. The van der Waals surface area contributed by atoms with Crippen LogP contribution >= 0.6 is 23.2 Å². The van der Waals surface area contributed by atoms with Crippen molar-refractivity contribution in [1.82, 2.24) is 4.90 Å². The number of carbonyl (C=O) groups excluding carboxylic acids is 1. The van der Waals surface area contributed by atoms with Crippen LogP contribution in [0.5, 0.6) is 0 Å². The highest BCUT2D eigenvalue weighted by atomic mass is 35.5. The van der Waals surface area contributed by atoms with Gasteiger partial charge in [0, 0.05) is 10.6 Å². The minimum absolute atomic E-state index is 0.141. The number of carbonyl (C=O) groups is 1. The molecule has 0 aliphatic rings. The average Bonchev–Trinajstić information content (AvgIpc) is 2.35. The number of benzene rings is 1. The summed E-state index contributed by atoms with van der Waals surface area (Å²) < 4.78 is 37.8. The maximum Gasteiger partial charge on any atom is 0.401 e. The summed E-state index contributed by atoms with van der Waals surface area (Å²) in [4.78, 5) is 13.4. The molecule has 1 rings (SSSR count). The second-order valence-corrected chi connectivity index (χ2v) is 5.59. The summed E-state index contributed by atoms with van der Waals surface area (Å²) in [7, 11) is 0. The number of halogens is 5. The van der Waals surface area contributed by atoms with Crippen molar-refractivity contribution in [1.29, 1.82) is 0 Å². The molecule has 0 N–H and O–H groups in total. The Balaban J connectivity index is 2.96. The zero-order valence-corrected chi connectivity index (χ0v) is 13.2. The zero-order chi connectivity index (χ0) is 16.2. The first-order valence-electron chi connectivity index (χ1n) is 6.45. The highest BCUT2D eigenvalue weighted by Gasteiger charge is 2.34. The van der Waals surface area contributed by atoms with Crippen molar-refractivity contribution >= 4 is 29.0 Å². The molecule has 118 valence electrons. The Morgan fingerprint density at radius 1 is 1.33 bits per heavy atom. The summed E-state index contributed by atoms with van der Waals surface area (Å²) in [5.41, 5.74) is 0.178. The van der Waals surface area contributed by atoms with Gasteiger partial charge in [0.05, 0.1) is 17.6 Å². The van der Waals surface area contributed by atoms with Gasteiger partial charge in [0.2, 0.25) is 0 Å². The monoisotopic (exact) mass is 341 g/mol. The van der Waals surface area contributed by atoms with Gasteiger partial charge in [0.15, 0.2) is 5.78 Å². The normalized spacial score (nSPS) is 13.5. The number of nitrogens with zero attached hydrogens (tertiary/aromatic N) is 1. The molecular weight excluding hydrogens is 326 g/mol. The van der Waals surface area contributed by atoms with E-state index in [1.807, 2.05) is 0 Å². The van der Waals surface area contributed by atoms with Crippen LogP contribution in [-0.4, -0.2) is 36.0 Å². The van der Waals surface area contributed by atoms with E-state index in [2.05, 4.69) is 0 Å². The molecule has 0 fully saturated rings. The van der Waals surface area contributed by atoms with Crippen LogP contribution in [0.3, 0.4) is 0 Å². The van der Waals surface area contributed by atoms with Crippen molar-refractivity contribution in [3.8, 4) is 0 Å². The Bertz CT molecular complexity index is 505. The second kappa shape index (κ2) is 7.47. The highest BCUT2D eigenvalue weighted by Crippen LogP contribution is 2.25. The van der Waals surface area contributed by atoms with Gasteiger partial charge in [0.25, 0.3) is 0 Å². The van der Waals surface area contributed by atoms with Gasteiger partial charge >= 0.3 is 6.18 Å². The SMILES string of the molecule is CCCN(CC(F)(F)F)C(C)C(=O)c1ccc(Cl)cc1Cl. The molecule has 1 unspecified atom stereocenters. The number of hydrogen-bond donors (Lipinski definition) is 0. The van der Waals surface area contributed by atoms with Gasteiger partial charge in [-0.1, -0.05) is 30.1 Å². The molecule has 2 nitrogen and oxygen atoms in total.